The van der Waals surface area contributed by atoms with E-state index in [9.17, 15) is 9.59 Å². The molecule has 2 aromatic heterocycles. The first-order chi connectivity index (χ1) is 12.1. The molecule has 0 saturated carbocycles. The topological polar surface area (TPSA) is 115 Å². The van der Waals surface area contributed by atoms with Crippen LogP contribution in [0.1, 0.15) is 12.1 Å². The smallest absolute Gasteiger partial charge is 0.361 e. The summed E-state index contributed by atoms with van der Waals surface area (Å²) in [5, 5.41) is 15.8. The predicted molar refractivity (Wildman–Crippen MR) is 89.4 cm³/mol. The molecule has 2 heterocycles. The van der Waals surface area contributed by atoms with Gasteiger partial charge in [-0.2, -0.15) is 5.21 Å². The Balaban J connectivity index is 1.55. The fourth-order valence-electron chi connectivity index (χ4n) is 2.25. The molecule has 2 N–H and O–H groups in total. The molecule has 1 aromatic carbocycles. The van der Waals surface area contributed by atoms with E-state index in [0.29, 0.717) is 18.0 Å². The van der Waals surface area contributed by atoms with E-state index in [0.717, 1.165) is 5.69 Å². The molecule has 0 fully saturated rings. The molecule has 9 nitrogen and oxygen atoms in total. The van der Waals surface area contributed by atoms with Gasteiger partial charge in [0.25, 0.3) is 5.56 Å². The third kappa shape index (κ3) is 4.28. The highest BCUT2D eigenvalue weighted by molar-refractivity contribution is 5.90. The fraction of sp³-hybridized carbons (Fsp3) is 0.188. The third-order valence-corrected chi connectivity index (χ3v) is 3.50. The lowest BCUT2D eigenvalue weighted by atomic mass is 10.3. The molecule has 3 aromatic rings. The van der Waals surface area contributed by atoms with Crippen molar-refractivity contribution in [2.75, 3.05) is 5.32 Å². The molecule has 0 saturated heterocycles. The summed E-state index contributed by atoms with van der Waals surface area (Å²) in [5.74, 6) is 0.341. The Labute approximate surface area is 142 Å². The number of rotatable bonds is 6. The monoisotopic (exact) mass is 340 g/mol. The molecule has 0 spiro atoms. The highest BCUT2D eigenvalue weighted by Gasteiger charge is 2.06. The molecule has 9 heteroatoms. The van der Waals surface area contributed by atoms with Crippen LogP contribution in [-0.2, 0) is 11.3 Å². The maximum atomic E-state index is 12.1. The van der Waals surface area contributed by atoms with Gasteiger partial charge >= 0.3 is 6.01 Å². The number of benzene rings is 1. The SMILES string of the molecule is Cc1cccc(=O)n1CCC(=O)Nc1ccc(Oc2nn[nH]n2)cc1. The molecule has 128 valence electrons. The number of nitrogens with zero attached hydrogens (tertiary/aromatic N) is 4. The van der Waals surface area contributed by atoms with Crippen molar-refractivity contribution in [3.05, 3.63) is 58.5 Å². The van der Waals surface area contributed by atoms with Crippen LogP contribution in [0.4, 0.5) is 5.69 Å². The first-order valence-electron chi connectivity index (χ1n) is 7.59. The molecule has 1 amide bonds. The fourth-order valence-corrected chi connectivity index (χ4v) is 2.25. The highest BCUT2D eigenvalue weighted by atomic mass is 16.5. The standard InChI is InChI=1S/C16H16N6O3/c1-11-3-2-4-15(24)22(11)10-9-14(23)17-12-5-7-13(8-6-12)25-16-18-20-21-19-16/h2-8H,9-10H2,1H3,(H,17,23)(H,18,19,20,21). The van der Waals surface area contributed by atoms with Crippen LogP contribution >= 0.6 is 0 Å². The number of ether oxygens (including phenoxy) is 1. The van der Waals surface area contributed by atoms with E-state index in [2.05, 4.69) is 25.9 Å². The van der Waals surface area contributed by atoms with Crippen molar-refractivity contribution in [2.45, 2.75) is 19.9 Å². The number of pyridine rings is 1. The van der Waals surface area contributed by atoms with E-state index in [1.165, 1.54) is 6.07 Å². The second-order valence-corrected chi connectivity index (χ2v) is 5.28. The van der Waals surface area contributed by atoms with Crippen LogP contribution in [-0.4, -0.2) is 31.1 Å². The maximum Gasteiger partial charge on any atom is 0.361 e. The Hall–Kier alpha value is -3.49. The van der Waals surface area contributed by atoms with Crippen molar-refractivity contribution in [2.24, 2.45) is 0 Å². The van der Waals surface area contributed by atoms with Crippen molar-refractivity contribution >= 4 is 11.6 Å². The lowest BCUT2D eigenvalue weighted by Crippen LogP contribution is -2.24. The van der Waals surface area contributed by atoms with E-state index >= 15 is 0 Å². The van der Waals surface area contributed by atoms with Gasteiger partial charge in [0.05, 0.1) is 0 Å². The molecule has 0 aliphatic heterocycles. The van der Waals surface area contributed by atoms with Crippen molar-refractivity contribution in [3.8, 4) is 11.8 Å². The summed E-state index contributed by atoms with van der Waals surface area (Å²) in [7, 11) is 0. The van der Waals surface area contributed by atoms with Crippen LogP contribution in [0.25, 0.3) is 0 Å². The molecule has 0 aliphatic carbocycles. The van der Waals surface area contributed by atoms with E-state index in [1.807, 2.05) is 13.0 Å². The van der Waals surface area contributed by atoms with Crippen molar-refractivity contribution < 1.29 is 9.53 Å². The van der Waals surface area contributed by atoms with Crippen molar-refractivity contribution in [1.82, 2.24) is 25.2 Å². The number of anilines is 1. The largest absolute Gasteiger partial charge is 0.422 e. The average molecular weight is 340 g/mol. The maximum absolute atomic E-state index is 12.1. The number of nitrogens with one attached hydrogen (secondary N) is 2. The molecule has 3 rings (SSSR count). The molecular weight excluding hydrogens is 324 g/mol. The predicted octanol–water partition coefficient (Wildman–Crippen LogP) is 1.49. The summed E-state index contributed by atoms with van der Waals surface area (Å²) in [6, 6.07) is 11.9. The summed E-state index contributed by atoms with van der Waals surface area (Å²) in [6.45, 7) is 2.16. The van der Waals surface area contributed by atoms with Crippen LogP contribution in [0, 0.1) is 6.92 Å². The Morgan fingerprint density at radius 3 is 2.72 bits per heavy atom. The van der Waals surface area contributed by atoms with E-state index in [-0.39, 0.29) is 23.9 Å². The zero-order valence-electron chi connectivity index (χ0n) is 13.5. The van der Waals surface area contributed by atoms with Gasteiger partial charge in [0.1, 0.15) is 5.75 Å². The van der Waals surface area contributed by atoms with Crippen molar-refractivity contribution in [3.63, 3.8) is 0 Å². The summed E-state index contributed by atoms with van der Waals surface area (Å²) in [4.78, 5) is 23.8. The number of aromatic amines is 1. The van der Waals surface area contributed by atoms with Crippen molar-refractivity contribution in [1.29, 1.82) is 0 Å². The van der Waals surface area contributed by atoms with Crippen LogP contribution in [0.3, 0.4) is 0 Å². The molecule has 0 unspecified atom stereocenters. The number of H-pyrrole nitrogens is 1. The first-order valence-corrected chi connectivity index (χ1v) is 7.59. The van der Waals surface area contributed by atoms with Gasteiger partial charge < -0.3 is 14.6 Å². The van der Waals surface area contributed by atoms with E-state index < -0.39 is 0 Å². The Bertz CT molecular complexity index is 902. The molecule has 0 atom stereocenters. The number of tetrazole rings is 1. The summed E-state index contributed by atoms with van der Waals surface area (Å²) in [5.41, 5.74) is 1.33. The lowest BCUT2D eigenvalue weighted by Gasteiger charge is -2.10. The van der Waals surface area contributed by atoms with Gasteiger partial charge in [-0.1, -0.05) is 16.3 Å². The minimum absolute atomic E-state index is 0.112. The van der Waals surface area contributed by atoms with Crippen LogP contribution in [0.15, 0.2) is 47.3 Å². The van der Waals surface area contributed by atoms with Crippen LogP contribution in [0.5, 0.6) is 11.8 Å². The highest BCUT2D eigenvalue weighted by Crippen LogP contribution is 2.19. The summed E-state index contributed by atoms with van der Waals surface area (Å²) >= 11 is 0. The first kappa shape index (κ1) is 16.4. The number of hydrogen-bond donors (Lipinski definition) is 2. The zero-order chi connectivity index (χ0) is 17.6. The minimum atomic E-state index is -0.179. The Kier molecular flexibility index (Phi) is 4.84. The third-order valence-electron chi connectivity index (χ3n) is 3.50. The Morgan fingerprint density at radius 1 is 1.24 bits per heavy atom. The summed E-state index contributed by atoms with van der Waals surface area (Å²) in [6.07, 6.45) is 0.200. The molecular formula is C16H16N6O3. The summed E-state index contributed by atoms with van der Waals surface area (Å²) < 4.78 is 6.91. The molecule has 25 heavy (non-hydrogen) atoms. The second-order valence-electron chi connectivity index (χ2n) is 5.28. The van der Waals surface area contributed by atoms with Gasteiger partial charge in [0, 0.05) is 30.4 Å². The zero-order valence-corrected chi connectivity index (χ0v) is 13.5. The van der Waals surface area contributed by atoms with E-state index in [1.54, 1.807) is 34.9 Å². The number of amides is 1. The van der Waals surface area contributed by atoms with Gasteiger partial charge in [-0.3, -0.25) is 9.59 Å². The van der Waals surface area contributed by atoms with Gasteiger partial charge in [-0.15, -0.1) is 0 Å². The molecule has 0 radical (unpaired) electrons. The second kappa shape index (κ2) is 7.39. The number of carbonyl (C=O) groups excluding carboxylic acids is 1. The minimum Gasteiger partial charge on any atom is -0.422 e. The van der Waals surface area contributed by atoms with Gasteiger partial charge in [-0.05, 0) is 42.5 Å². The van der Waals surface area contributed by atoms with Crippen LogP contribution in [0.2, 0.25) is 0 Å². The van der Waals surface area contributed by atoms with Crippen LogP contribution < -0.4 is 15.6 Å². The average Bonchev–Trinajstić information content (AvgIpc) is 3.09. The Morgan fingerprint density at radius 2 is 2.04 bits per heavy atom. The number of hydrogen-bond acceptors (Lipinski definition) is 6. The quantitative estimate of drug-likeness (QED) is 0.702. The van der Waals surface area contributed by atoms with Gasteiger partial charge in [0.15, 0.2) is 0 Å². The number of aryl methyl sites for hydroxylation is 1. The van der Waals surface area contributed by atoms with Gasteiger partial charge in [-0.25, -0.2) is 0 Å². The number of aromatic nitrogens is 5. The molecule has 0 aliphatic rings. The van der Waals surface area contributed by atoms with E-state index in [4.69, 9.17) is 4.74 Å². The molecule has 0 bridgehead atoms. The number of carbonyl (C=O) groups is 1. The lowest BCUT2D eigenvalue weighted by molar-refractivity contribution is -0.116. The van der Waals surface area contributed by atoms with Gasteiger partial charge in [0.2, 0.25) is 5.91 Å². The normalized spacial score (nSPS) is 10.4.